The van der Waals surface area contributed by atoms with Crippen LogP contribution in [-0.4, -0.2) is 26.1 Å². The van der Waals surface area contributed by atoms with E-state index in [1.165, 1.54) is 11.3 Å². The largest absolute Gasteiger partial charge is 0.323 e. The fourth-order valence-corrected chi connectivity index (χ4v) is 3.59. The number of fused-ring (bicyclic) bond motifs is 4. The first-order valence-corrected chi connectivity index (χ1v) is 8.35. The van der Waals surface area contributed by atoms with Gasteiger partial charge in [-0.15, -0.1) is 10.2 Å². The Bertz CT molecular complexity index is 1070. The van der Waals surface area contributed by atoms with E-state index in [1.807, 2.05) is 12.1 Å². The molecule has 5 heteroatoms. The SMILES string of the molecule is CCc1nnc2c(N3CCc4ccccc43)nc3ccccc3n12. The predicted octanol–water partition coefficient (Wildman–Crippen LogP) is 3.53. The van der Waals surface area contributed by atoms with Gasteiger partial charge in [0.15, 0.2) is 5.82 Å². The third-order valence-electron chi connectivity index (χ3n) is 4.74. The molecule has 0 aliphatic carbocycles. The van der Waals surface area contributed by atoms with Gasteiger partial charge in [0, 0.05) is 18.7 Å². The molecular formula is C19H17N5. The molecule has 0 unspecified atom stereocenters. The van der Waals surface area contributed by atoms with Crippen LogP contribution in [0.2, 0.25) is 0 Å². The normalized spacial score (nSPS) is 13.8. The van der Waals surface area contributed by atoms with Crippen molar-refractivity contribution in [3.05, 3.63) is 59.9 Å². The summed E-state index contributed by atoms with van der Waals surface area (Å²) in [5.74, 6) is 1.86. The summed E-state index contributed by atoms with van der Waals surface area (Å²) in [5, 5.41) is 8.86. The number of para-hydroxylation sites is 3. The minimum Gasteiger partial charge on any atom is -0.323 e. The molecule has 24 heavy (non-hydrogen) atoms. The lowest BCUT2D eigenvalue weighted by Gasteiger charge is -2.19. The number of aryl methyl sites for hydroxylation is 1. The lowest BCUT2D eigenvalue weighted by atomic mass is 10.2. The fraction of sp³-hybridized carbons (Fsp3) is 0.211. The van der Waals surface area contributed by atoms with E-state index < -0.39 is 0 Å². The van der Waals surface area contributed by atoms with Crippen LogP contribution < -0.4 is 4.90 Å². The molecule has 0 atom stereocenters. The standard InChI is InChI=1S/C19H17N5/c1-2-17-21-22-19-18(20-14-8-4-6-10-16(14)24(17)19)23-12-11-13-7-3-5-9-15(13)23/h3-10H,2,11-12H2,1H3. The molecule has 118 valence electrons. The van der Waals surface area contributed by atoms with Crippen LogP contribution in [0.5, 0.6) is 0 Å². The van der Waals surface area contributed by atoms with Crippen molar-refractivity contribution in [2.45, 2.75) is 19.8 Å². The van der Waals surface area contributed by atoms with Crippen LogP contribution >= 0.6 is 0 Å². The fourth-order valence-electron chi connectivity index (χ4n) is 3.59. The summed E-state index contributed by atoms with van der Waals surface area (Å²) < 4.78 is 2.15. The number of rotatable bonds is 2. The number of anilines is 2. The second-order valence-electron chi connectivity index (χ2n) is 6.08. The van der Waals surface area contributed by atoms with E-state index in [4.69, 9.17) is 4.98 Å². The van der Waals surface area contributed by atoms with E-state index >= 15 is 0 Å². The summed E-state index contributed by atoms with van der Waals surface area (Å²) in [6.07, 6.45) is 1.87. The third kappa shape index (κ3) is 1.78. The first-order chi connectivity index (χ1) is 11.9. The van der Waals surface area contributed by atoms with E-state index in [1.54, 1.807) is 0 Å². The van der Waals surface area contributed by atoms with Crippen molar-refractivity contribution in [3.63, 3.8) is 0 Å². The minimum absolute atomic E-state index is 0.835. The molecule has 1 aliphatic rings. The van der Waals surface area contributed by atoms with Crippen LogP contribution in [0.15, 0.2) is 48.5 Å². The molecule has 4 aromatic rings. The summed E-state index contributed by atoms with van der Waals surface area (Å²) in [6, 6.07) is 16.7. The molecule has 1 aliphatic heterocycles. The molecule has 0 N–H and O–H groups in total. The first kappa shape index (κ1) is 13.5. The molecule has 5 nitrogen and oxygen atoms in total. The van der Waals surface area contributed by atoms with Gasteiger partial charge >= 0.3 is 0 Å². The molecule has 0 spiro atoms. The smallest absolute Gasteiger partial charge is 0.204 e. The second-order valence-corrected chi connectivity index (χ2v) is 6.08. The Morgan fingerprint density at radius 2 is 1.83 bits per heavy atom. The Hall–Kier alpha value is -2.95. The Kier molecular flexibility index (Phi) is 2.82. The van der Waals surface area contributed by atoms with Gasteiger partial charge in [-0.3, -0.25) is 4.40 Å². The highest BCUT2D eigenvalue weighted by molar-refractivity contribution is 5.86. The molecule has 0 bridgehead atoms. The highest BCUT2D eigenvalue weighted by Gasteiger charge is 2.25. The van der Waals surface area contributed by atoms with Crippen molar-refractivity contribution in [3.8, 4) is 0 Å². The minimum atomic E-state index is 0.835. The molecular weight excluding hydrogens is 298 g/mol. The van der Waals surface area contributed by atoms with Gasteiger partial charge in [-0.05, 0) is 30.2 Å². The lowest BCUT2D eigenvalue weighted by molar-refractivity contribution is 0.920. The summed E-state index contributed by atoms with van der Waals surface area (Å²) in [7, 11) is 0. The Morgan fingerprint density at radius 1 is 1.00 bits per heavy atom. The topological polar surface area (TPSA) is 46.3 Å². The molecule has 2 aromatic carbocycles. The number of benzene rings is 2. The molecule has 0 saturated carbocycles. The van der Waals surface area contributed by atoms with Gasteiger partial charge in [0.25, 0.3) is 0 Å². The predicted molar refractivity (Wildman–Crippen MR) is 94.8 cm³/mol. The summed E-state index contributed by atoms with van der Waals surface area (Å²) in [5.41, 5.74) is 5.45. The van der Waals surface area contributed by atoms with Crippen LogP contribution in [0, 0.1) is 0 Å². The molecule has 0 saturated heterocycles. The third-order valence-corrected chi connectivity index (χ3v) is 4.74. The zero-order valence-electron chi connectivity index (χ0n) is 13.5. The second kappa shape index (κ2) is 5.03. The van der Waals surface area contributed by atoms with Crippen LogP contribution in [0.25, 0.3) is 16.7 Å². The van der Waals surface area contributed by atoms with Gasteiger partial charge in [0.2, 0.25) is 5.65 Å². The molecule has 0 fully saturated rings. The summed E-state index contributed by atoms with van der Waals surface area (Å²) >= 11 is 0. The van der Waals surface area contributed by atoms with Crippen LogP contribution in [0.3, 0.4) is 0 Å². The molecule has 0 amide bonds. The molecule has 3 heterocycles. The van der Waals surface area contributed by atoms with Gasteiger partial charge in [-0.2, -0.15) is 0 Å². The van der Waals surface area contributed by atoms with Crippen molar-refractivity contribution in [1.29, 1.82) is 0 Å². The highest BCUT2D eigenvalue weighted by Crippen LogP contribution is 2.36. The van der Waals surface area contributed by atoms with Crippen LogP contribution in [-0.2, 0) is 12.8 Å². The Morgan fingerprint density at radius 3 is 2.75 bits per heavy atom. The van der Waals surface area contributed by atoms with Crippen molar-refractivity contribution in [2.75, 3.05) is 11.4 Å². The van der Waals surface area contributed by atoms with Crippen molar-refractivity contribution in [2.24, 2.45) is 0 Å². The maximum absolute atomic E-state index is 4.93. The monoisotopic (exact) mass is 315 g/mol. The van der Waals surface area contributed by atoms with Crippen molar-refractivity contribution in [1.82, 2.24) is 19.6 Å². The van der Waals surface area contributed by atoms with E-state index in [0.717, 1.165) is 47.7 Å². The first-order valence-electron chi connectivity index (χ1n) is 8.35. The molecule has 0 radical (unpaired) electrons. The van der Waals surface area contributed by atoms with Crippen LogP contribution in [0.1, 0.15) is 18.3 Å². The molecule has 5 rings (SSSR count). The average Bonchev–Trinajstić information content (AvgIpc) is 3.25. The number of hydrogen-bond acceptors (Lipinski definition) is 4. The zero-order chi connectivity index (χ0) is 16.1. The maximum atomic E-state index is 4.93. The summed E-state index contributed by atoms with van der Waals surface area (Å²) in [6.45, 7) is 3.03. The number of nitrogens with zero attached hydrogens (tertiary/aromatic N) is 5. The van der Waals surface area contributed by atoms with E-state index in [-0.39, 0.29) is 0 Å². The summed E-state index contributed by atoms with van der Waals surface area (Å²) in [4.78, 5) is 7.20. The Labute approximate surface area is 139 Å². The van der Waals surface area contributed by atoms with E-state index in [0.29, 0.717) is 0 Å². The number of hydrogen-bond donors (Lipinski definition) is 0. The van der Waals surface area contributed by atoms with Gasteiger partial charge in [-0.25, -0.2) is 4.98 Å². The zero-order valence-corrected chi connectivity index (χ0v) is 13.5. The van der Waals surface area contributed by atoms with Gasteiger partial charge < -0.3 is 4.90 Å². The van der Waals surface area contributed by atoms with E-state index in [2.05, 4.69) is 62.8 Å². The quantitative estimate of drug-likeness (QED) is 0.568. The molecule has 2 aromatic heterocycles. The van der Waals surface area contributed by atoms with Crippen LogP contribution in [0.4, 0.5) is 11.5 Å². The highest BCUT2D eigenvalue weighted by atomic mass is 15.3. The van der Waals surface area contributed by atoms with Gasteiger partial charge in [0.05, 0.1) is 11.0 Å². The van der Waals surface area contributed by atoms with Crippen molar-refractivity contribution < 1.29 is 0 Å². The lowest BCUT2D eigenvalue weighted by Crippen LogP contribution is -2.16. The van der Waals surface area contributed by atoms with E-state index in [9.17, 15) is 0 Å². The maximum Gasteiger partial charge on any atom is 0.204 e. The van der Waals surface area contributed by atoms with Gasteiger partial charge in [-0.1, -0.05) is 37.3 Å². The average molecular weight is 315 g/mol. The number of aromatic nitrogens is 4. The van der Waals surface area contributed by atoms with Crippen molar-refractivity contribution >= 4 is 28.2 Å². The van der Waals surface area contributed by atoms with Gasteiger partial charge in [0.1, 0.15) is 5.82 Å². The Balaban J connectivity index is 1.84.